The van der Waals surface area contributed by atoms with Crippen molar-refractivity contribution < 1.29 is 9.72 Å². The van der Waals surface area contributed by atoms with Gasteiger partial charge in [0.05, 0.1) is 21.9 Å². The van der Waals surface area contributed by atoms with Gasteiger partial charge in [-0.2, -0.15) is 10.1 Å². The van der Waals surface area contributed by atoms with E-state index >= 15 is 0 Å². The summed E-state index contributed by atoms with van der Waals surface area (Å²) in [5, 5.41) is 16.4. The Labute approximate surface area is 138 Å². The summed E-state index contributed by atoms with van der Waals surface area (Å²) in [6, 6.07) is 13.6. The minimum atomic E-state index is -0.455. The van der Waals surface area contributed by atoms with Crippen LogP contribution in [-0.4, -0.2) is 16.5 Å². The van der Waals surface area contributed by atoms with Gasteiger partial charge in [-0.25, -0.2) is 0 Å². The number of anilines is 1. The van der Waals surface area contributed by atoms with E-state index in [2.05, 4.69) is 5.10 Å². The largest absolute Gasteiger partial charge is 0.280 e. The molecule has 2 aromatic rings. The number of carbonyl (C=O) groups is 1. The third kappa shape index (κ3) is 2.94. The van der Waals surface area contributed by atoms with Crippen molar-refractivity contribution >= 4 is 29.1 Å². The zero-order valence-electron chi connectivity index (χ0n) is 13.3. The number of carbonyl (C=O) groups excluding carboxylic acids is 1. The van der Waals surface area contributed by atoms with Crippen molar-refractivity contribution in [3.05, 3.63) is 75.3 Å². The molecular formula is C18H15N3O3. The van der Waals surface area contributed by atoms with Crippen LogP contribution in [-0.2, 0) is 4.79 Å². The van der Waals surface area contributed by atoms with Gasteiger partial charge in [-0.3, -0.25) is 14.9 Å². The maximum absolute atomic E-state index is 12.6. The van der Waals surface area contributed by atoms with E-state index in [4.69, 9.17) is 0 Å². The Balaban J connectivity index is 1.89. The molecule has 1 amide bonds. The topological polar surface area (TPSA) is 75.8 Å². The van der Waals surface area contributed by atoms with Crippen molar-refractivity contribution in [3.8, 4) is 0 Å². The van der Waals surface area contributed by atoms with Crippen LogP contribution in [0.3, 0.4) is 0 Å². The van der Waals surface area contributed by atoms with Crippen molar-refractivity contribution in [1.82, 2.24) is 0 Å². The first-order valence-electron chi connectivity index (χ1n) is 7.38. The third-order valence-electron chi connectivity index (χ3n) is 3.76. The third-order valence-corrected chi connectivity index (χ3v) is 3.76. The summed E-state index contributed by atoms with van der Waals surface area (Å²) >= 11 is 0. The lowest BCUT2D eigenvalue weighted by atomic mass is 10.1. The van der Waals surface area contributed by atoms with Crippen LogP contribution in [0.25, 0.3) is 6.08 Å². The molecule has 0 bridgehead atoms. The second-order valence-electron chi connectivity index (χ2n) is 5.54. The first-order valence-corrected chi connectivity index (χ1v) is 7.38. The van der Waals surface area contributed by atoms with E-state index in [1.165, 1.54) is 17.1 Å². The van der Waals surface area contributed by atoms with Crippen LogP contribution < -0.4 is 5.01 Å². The first kappa shape index (κ1) is 15.6. The number of non-ortho nitro benzene ring substituents is 1. The summed E-state index contributed by atoms with van der Waals surface area (Å²) in [4.78, 5) is 22.9. The molecule has 0 saturated heterocycles. The van der Waals surface area contributed by atoms with Crippen LogP contribution in [0, 0.1) is 17.0 Å². The van der Waals surface area contributed by atoms with Crippen molar-refractivity contribution in [3.63, 3.8) is 0 Å². The number of benzene rings is 2. The van der Waals surface area contributed by atoms with Crippen LogP contribution in [0.5, 0.6) is 0 Å². The maximum Gasteiger partial charge on any atom is 0.280 e. The number of aryl methyl sites for hydroxylation is 1. The number of hydrogen-bond acceptors (Lipinski definition) is 4. The molecule has 0 unspecified atom stereocenters. The van der Waals surface area contributed by atoms with Gasteiger partial charge in [-0.1, -0.05) is 17.7 Å². The summed E-state index contributed by atoms with van der Waals surface area (Å²) in [6.45, 7) is 3.74. The predicted molar refractivity (Wildman–Crippen MR) is 92.8 cm³/mol. The highest BCUT2D eigenvalue weighted by Crippen LogP contribution is 2.25. The van der Waals surface area contributed by atoms with Gasteiger partial charge < -0.3 is 0 Å². The van der Waals surface area contributed by atoms with E-state index in [0.29, 0.717) is 22.5 Å². The van der Waals surface area contributed by atoms with Crippen LogP contribution in [0.2, 0.25) is 0 Å². The molecule has 1 heterocycles. The fraction of sp³-hybridized carbons (Fsp3) is 0.111. The lowest BCUT2D eigenvalue weighted by molar-refractivity contribution is -0.384. The van der Waals surface area contributed by atoms with Crippen LogP contribution in [0.4, 0.5) is 11.4 Å². The molecule has 0 aliphatic carbocycles. The molecule has 120 valence electrons. The molecule has 1 aliphatic heterocycles. The lowest BCUT2D eigenvalue weighted by Crippen LogP contribution is -2.21. The fourth-order valence-electron chi connectivity index (χ4n) is 2.40. The highest BCUT2D eigenvalue weighted by molar-refractivity contribution is 6.32. The molecule has 6 nitrogen and oxygen atoms in total. The van der Waals surface area contributed by atoms with Gasteiger partial charge in [0.1, 0.15) is 0 Å². The van der Waals surface area contributed by atoms with E-state index in [9.17, 15) is 14.9 Å². The fourth-order valence-corrected chi connectivity index (χ4v) is 2.40. The normalized spacial score (nSPS) is 15.8. The quantitative estimate of drug-likeness (QED) is 0.491. The minimum Gasteiger partial charge on any atom is -0.267 e. The maximum atomic E-state index is 12.6. The smallest absolute Gasteiger partial charge is 0.267 e. The zero-order valence-corrected chi connectivity index (χ0v) is 13.3. The van der Waals surface area contributed by atoms with Crippen LogP contribution in [0.1, 0.15) is 18.1 Å². The first-order chi connectivity index (χ1) is 11.5. The number of nitro benzene ring substituents is 1. The van der Waals surface area contributed by atoms with Gasteiger partial charge in [0.25, 0.3) is 11.6 Å². The average Bonchev–Trinajstić information content (AvgIpc) is 2.84. The monoisotopic (exact) mass is 321 g/mol. The molecule has 24 heavy (non-hydrogen) atoms. The van der Waals surface area contributed by atoms with Crippen LogP contribution >= 0.6 is 0 Å². The molecular weight excluding hydrogens is 306 g/mol. The molecule has 0 aromatic heterocycles. The predicted octanol–water partition coefficient (Wildman–Crippen LogP) is 3.71. The van der Waals surface area contributed by atoms with E-state index in [0.717, 1.165) is 5.56 Å². The Bertz CT molecular complexity index is 865. The van der Waals surface area contributed by atoms with E-state index in [1.807, 2.05) is 31.2 Å². The molecule has 0 N–H and O–H groups in total. The van der Waals surface area contributed by atoms with Crippen molar-refractivity contribution in [1.29, 1.82) is 0 Å². The van der Waals surface area contributed by atoms with Gasteiger partial charge in [0, 0.05) is 12.1 Å². The summed E-state index contributed by atoms with van der Waals surface area (Å²) in [5.74, 6) is -0.213. The van der Waals surface area contributed by atoms with Crippen LogP contribution in [0.15, 0.2) is 59.2 Å². The van der Waals surface area contributed by atoms with Gasteiger partial charge in [0.2, 0.25) is 0 Å². The van der Waals surface area contributed by atoms with E-state index < -0.39 is 4.92 Å². The molecule has 6 heteroatoms. The van der Waals surface area contributed by atoms with Crippen molar-refractivity contribution in [2.75, 3.05) is 5.01 Å². The second-order valence-corrected chi connectivity index (χ2v) is 5.54. The Morgan fingerprint density at radius 2 is 1.67 bits per heavy atom. The molecule has 0 atom stereocenters. The molecule has 0 spiro atoms. The molecule has 3 rings (SSSR count). The van der Waals surface area contributed by atoms with Crippen molar-refractivity contribution in [2.45, 2.75) is 13.8 Å². The second kappa shape index (κ2) is 6.08. The molecule has 0 saturated carbocycles. The lowest BCUT2D eigenvalue weighted by Gasteiger charge is -2.11. The highest BCUT2D eigenvalue weighted by Gasteiger charge is 2.28. The van der Waals surface area contributed by atoms with E-state index in [1.54, 1.807) is 25.1 Å². The van der Waals surface area contributed by atoms with Gasteiger partial charge in [-0.05, 0) is 49.8 Å². The molecule has 1 aliphatic rings. The number of nitrogens with zero attached hydrogens (tertiary/aromatic N) is 3. The number of nitro groups is 1. The molecule has 0 radical (unpaired) electrons. The van der Waals surface area contributed by atoms with E-state index in [-0.39, 0.29) is 11.6 Å². The Kier molecular flexibility index (Phi) is 3.95. The summed E-state index contributed by atoms with van der Waals surface area (Å²) in [7, 11) is 0. The Hall–Kier alpha value is -3.28. The van der Waals surface area contributed by atoms with Crippen molar-refractivity contribution in [2.24, 2.45) is 5.10 Å². The van der Waals surface area contributed by atoms with Gasteiger partial charge >= 0.3 is 0 Å². The molecule has 0 fully saturated rings. The highest BCUT2D eigenvalue weighted by atomic mass is 16.6. The summed E-state index contributed by atoms with van der Waals surface area (Å²) < 4.78 is 0. The molecule has 2 aromatic carbocycles. The zero-order chi connectivity index (χ0) is 17.3. The Morgan fingerprint density at radius 1 is 1.04 bits per heavy atom. The number of hydrogen-bond donors (Lipinski definition) is 0. The van der Waals surface area contributed by atoms with Gasteiger partial charge in [0.15, 0.2) is 0 Å². The summed E-state index contributed by atoms with van der Waals surface area (Å²) in [5.41, 5.74) is 3.62. The number of rotatable bonds is 3. The minimum absolute atomic E-state index is 0.0153. The standard InChI is InChI=1S/C18H15N3O3/c1-12-3-7-15(8-4-12)20-18(22)17(13(2)19-20)11-14-5-9-16(10-6-14)21(23)24/h3-11H,1-2H3/b17-11-. The SMILES string of the molecule is CC1=NN(c2ccc(C)cc2)C(=O)/C1=C\c1ccc([N+](=O)[O-])cc1. The number of amides is 1. The number of hydrazone groups is 1. The van der Waals surface area contributed by atoms with Gasteiger partial charge in [-0.15, -0.1) is 0 Å². The Morgan fingerprint density at radius 3 is 2.25 bits per heavy atom. The summed E-state index contributed by atoms with van der Waals surface area (Å²) in [6.07, 6.45) is 1.69. The average molecular weight is 321 g/mol.